The highest BCUT2D eigenvalue weighted by molar-refractivity contribution is 5.99. The standard InChI is InChI=1S/C15H18N2O3/c18-14-8-7-12(16-14)15(19)17-11-3-1-2-4-13(11)20-9-10-5-6-10/h1-4,10,12H,5-9H2,(H,16,18)(H,17,19)/t12-/m1/s1. The van der Waals surface area contributed by atoms with Gasteiger partial charge in [0, 0.05) is 6.42 Å². The second-order valence-electron chi connectivity index (χ2n) is 5.40. The number of amides is 2. The predicted octanol–water partition coefficient (Wildman–Crippen LogP) is 1.69. The Morgan fingerprint density at radius 2 is 2.10 bits per heavy atom. The van der Waals surface area contributed by atoms with Crippen molar-refractivity contribution in [2.75, 3.05) is 11.9 Å². The summed E-state index contributed by atoms with van der Waals surface area (Å²) in [6.07, 6.45) is 3.42. The van der Waals surface area contributed by atoms with Crippen LogP contribution < -0.4 is 15.4 Å². The molecule has 1 aromatic rings. The van der Waals surface area contributed by atoms with E-state index in [0.29, 0.717) is 36.8 Å². The molecule has 0 spiro atoms. The van der Waals surface area contributed by atoms with Crippen LogP contribution in [0.3, 0.4) is 0 Å². The van der Waals surface area contributed by atoms with E-state index < -0.39 is 6.04 Å². The fourth-order valence-corrected chi connectivity index (χ4v) is 2.22. The number of nitrogens with one attached hydrogen (secondary N) is 2. The summed E-state index contributed by atoms with van der Waals surface area (Å²) in [4.78, 5) is 23.2. The van der Waals surface area contributed by atoms with Crippen LogP contribution in [0.5, 0.6) is 5.75 Å². The minimum Gasteiger partial charge on any atom is -0.491 e. The van der Waals surface area contributed by atoms with E-state index in [1.54, 1.807) is 0 Å². The molecule has 2 fully saturated rings. The molecule has 1 saturated carbocycles. The summed E-state index contributed by atoms with van der Waals surface area (Å²) in [5.41, 5.74) is 0.666. The fourth-order valence-electron chi connectivity index (χ4n) is 2.22. The molecule has 106 valence electrons. The van der Waals surface area contributed by atoms with E-state index in [1.165, 1.54) is 12.8 Å². The molecule has 0 unspecified atom stereocenters. The average Bonchev–Trinajstić information content (AvgIpc) is 3.18. The molecule has 0 radical (unpaired) electrons. The van der Waals surface area contributed by atoms with Crippen molar-refractivity contribution < 1.29 is 14.3 Å². The largest absolute Gasteiger partial charge is 0.491 e. The van der Waals surface area contributed by atoms with Crippen molar-refractivity contribution in [3.05, 3.63) is 24.3 Å². The summed E-state index contributed by atoms with van der Waals surface area (Å²) >= 11 is 0. The lowest BCUT2D eigenvalue weighted by atomic mass is 10.2. The molecule has 1 aliphatic heterocycles. The van der Waals surface area contributed by atoms with Gasteiger partial charge in [-0.1, -0.05) is 12.1 Å². The molecule has 0 aromatic heterocycles. The third-order valence-electron chi connectivity index (χ3n) is 3.63. The number of para-hydroxylation sites is 2. The molecule has 1 atom stereocenters. The van der Waals surface area contributed by atoms with Gasteiger partial charge >= 0.3 is 0 Å². The normalized spacial score (nSPS) is 21.4. The van der Waals surface area contributed by atoms with Gasteiger partial charge in [0.15, 0.2) is 0 Å². The van der Waals surface area contributed by atoms with Crippen molar-refractivity contribution in [3.8, 4) is 5.75 Å². The van der Waals surface area contributed by atoms with E-state index in [4.69, 9.17) is 4.74 Å². The summed E-state index contributed by atoms with van der Waals surface area (Å²) in [5.74, 6) is 1.10. The first-order valence-corrected chi connectivity index (χ1v) is 7.04. The van der Waals surface area contributed by atoms with Crippen LogP contribution in [0, 0.1) is 5.92 Å². The number of anilines is 1. The minimum absolute atomic E-state index is 0.0663. The van der Waals surface area contributed by atoms with E-state index in [1.807, 2.05) is 24.3 Å². The van der Waals surface area contributed by atoms with Crippen molar-refractivity contribution in [2.24, 2.45) is 5.92 Å². The second kappa shape index (κ2) is 5.53. The second-order valence-corrected chi connectivity index (χ2v) is 5.40. The lowest BCUT2D eigenvalue weighted by molar-refractivity contribution is -0.122. The highest BCUT2D eigenvalue weighted by Gasteiger charge is 2.28. The summed E-state index contributed by atoms with van der Waals surface area (Å²) in [7, 11) is 0. The van der Waals surface area contributed by atoms with E-state index in [-0.39, 0.29) is 11.8 Å². The Hall–Kier alpha value is -2.04. The Morgan fingerprint density at radius 1 is 1.30 bits per heavy atom. The smallest absolute Gasteiger partial charge is 0.247 e. The van der Waals surface area contributed by atoms with Crippen molar-refractivity contribution >= 4 is 17.5 Å². The lowest BCUT2D eigenvalue weighted by Gasteiger charge is -2.14. The number of rotatable bonds is 5. The quantitative estimate of drug-likeness (QED) is 0.858. The molecule has 20 heavy (non-hydrogen) atoms. The monoisotopic (exact) mass is 274 g/mol. The molecule has 0 bridgehead atoms. The van der Waals surface area contributed by atoms with E-state index >= 15 is 0 Å². The van der Waals surface area contributed by atoms with Gasteiger partial charge < -0.3 is 15.4 Å². The molecule has 3 rings (SSSR count). The average molecular weight is 274 g/mol. The van der Waals surface area contributed by atoms with E-state index in [0.717, 1.165) is 0 Å². The first-order chi connectivity index (χ1) is 9.72. The predicted molar refractivity (Wildman–Crippen MR) is 74.5 cm³/mol. The van der Waals surface area contributed by atoms with Crippen LogP contribution >= 0.6 is 0 Å². The first-order valence-electron chi connectivity index (χ1n) is 7.04. The van der Waals surface area contributed by atoms with Gasteiger partial charge in [-0.25, -0.2) is 0 Å². The molecular weight excluding hydrogens is 256 g/mol. The third kappa shape index (κ3) is 3.10. The zero-order chi connectivity index (χ0) is 13.9. The number of hydrogen-bond donors (Lipinski definition) is 2. The zero-order valence-corrected chi connectivity index (χ0v) is 11.2. The van der Waals surface area contributed by atoms with Crippen LogP contribution in [0.15, 0.2) is 24.3 Å². The third-order valence-corrected chi connectivity index (χ3v) is 3.63. The highest BCUT2D eigenvalue weighted by atomic mass is 16.5. The molecule has 2 N–H and O–H groups in total. The van der Waals surface area contributed by atoms with Gasteiger partial charge in [-0.3, -0.25) is 9.59 Å². The van der Waals surface area contributed by atoms with Crippen LogP contribution in [0.2, 0.25) is 0 Å². The van der Waals surface area contributed by atoms with E-state index in [2.05, 4.69) is 10.6 Å². The van der Waals surface area contributed by atoms with Crippen LogP contribution in [-0.4, -0.2) is 24.5 Å². The highest BCUT2D eigenvalue weighted by Crippen LogP contribution is 2.31. The molecule has 1 saturated heterocycles. The molecule has 1 aliphatic carbocycles. The Morgan fingerprint density at radius 3 is 2.80 bits per heavy atom. The van der Waals surface area contributed by atoms with Gasteiger partial charge in [-0.2, -0.15) is 0 Å². The van der Waals surface area contributed by atoms with Crippen LogP contribution in [0.4, 0.5) is 5.69 Å². The van der Waals surface area contributed by atoms with E-state index in [9.17, 15) is 9.59 Å². The van der Waals surface area contributed by atoms with Gasteiger partial charge in [-0.05, 0) is 37.3 Å². The van der Waals surface area contributed by atoms with Gasteiger partial charge in [0.1, 0.15) is 11.8 Å². The zero-order valence-electron chi connectivity index (χ0n) is 11.2. The Balaban J connectivity index is 1.63. The van der Waals surface area contributed by atoms with Crippen LogP contribution in [0.1, 0.15) is 25.7 Å². The number of benzene rings is 1. The van der Waals surface area contributed by atoms with Crippen molar-refractivity contribution in [1.29, 1.82) is 0 Å². The summed E-state index contributed by atoms with van der Waals surface area (Å²) in [5, 5.41) is 5.50. The number of carbonyl (C=O) groups is 2. The minimum atomic E-state index is -0.431. The van der Waals surface area contributed by atoms with Gasteiger partial charge in [-0.15, -0.1) is 0 Å². The Labute approximate surface area is 117 Å². The van der Waals surface area contributed by atoms with Crippen molar-refractivity contribution in [1.82, 2.24) is 5.32 Å². The maximum absolute atomic E-state index is 12.1. The SMILES string of the molecule is O=C1CC[C@H](C(=O)Nc2ccccc2OCC2CC2)N1. The number of hydrogen-bond acceptors (Lipinski definition) is 3. The maximum Gasteiger partial charge on any atom is 0.247 e. The van der Waals surface area contributed by atoms with Crippen molar-refractivity contribution in [3.63, 3.8) is 0 Å². The summed E-state index contributed by atoms with van der Waals surface area (Å²) in [6, 6.07) is 6.98. The number of ether oxygens (including phenoxy) is 1. The Bertz CT molecular complexity index is 526. The first kappa shape index (κ1) is 13.0. The van der Waals surface area contributed by atoms with Crippen molar-refractivity contribution in [2.45, 2.75) is 31.7 Å². The molecule has 2 aliphatic rings. The fraction of sp³-hybridized carbons (Fsp3) is 0.467. The summed E-state index contributed by atoms with van der Waals surface area (Å²) in [6.45, 7) is 0.701. The van der Waals surface area contributed by atoms with Gasteiger partial charge in [0.25, 0.3) is 0 Å². The van der Waals surface area contributed by atoms with Crippen LogP contribution in [0.25, 0.3) is 0 Å². The molecule has 2 amide bonds. The topological polar surface area (TPSA) is 67.4 Å². The summed E-state index contributed by atoms with van der Waals surface area (Å²) < 4.78 is 5.74. The maximum atomic E-state index is 12.1. The van der Waals surface area contributed by atoms with Gasteiger partial charge in [0.05, 0.1) is 12.3 Å². The molecule has 5 nitrogen and oxygen atoms in total. The molecule has 1 aromatic carbocycles. The molecular formula is C15H18N2O3. The Kier molecular flexibility index (Phi) is 3.58. The molecule has 1 heterocycles. The van der Waals surface area contributed by atoms with Gasteiger partial charge in [0.2, 0.25) is 11.8 Å². The number of carbonyl (C=O) groups excluding carboxylic acids is 2. The van der Waals surface area contributed by atoms with Crippen LogP contribution in [-0.2, 0) is 9.59 Å². The molecule has 5 heteroatoms. The lowest BCUT2D eigenvalue weighted by Crippen LogP contribution is -2.37.